The van der Waals surface area contributed by atoms with E-state index in [1.807, 2.05) is 12.1 Å². The summed E-state index contributed by atoms with van der Waals surface area (Å²) in [6.45, 7) is 4.15. The highest BCUT2D eigenvalue weighted by Crippen LogP contribution is 2.26. The number of nitrogens with one attached hydrogen (secondary N) is 1. The van der Waals surface area contributed by atoms with E-state index >= 15 is 0 Å². The lowest BCUT2D eigenvalue weighted by Gasteiger charge is -2.11. The van der Waals surface area contributed by atoms with Gasteiger partial charge in [0.2, 0.25) is 0 Å². The summed E-state index contributed by atoms with van der Waals surface area (Å²) in [6.07, 6.45) is 0. The number of aryl methyl sites for hydroxylation is 2. The molecule has 0 aromatic heterocycles. The van der Waals surface area contributed by atoms with Crippen LogP contribution < -0.4 is 16.8 Å². The zero-order valence-corrected chi connectivity index (χ0v) is 10.1. The average Bonchev–Trinajstić information content (AvgIpc) is 2.21. The van der Waals surface area contributed by atoms with Gasteiger partial charge in [0.25, 0.3) is 0 Å². The van der Waals surface area contributed by atoms with Crippen LogP contribution in [0.1, 0.15) is 11.1 Å². The smallest absolute Gasteiger partial charge is 0.0619 e. The first-order valence-corrected chi connectivity index (χ1v) is 5.55. The van der Waals surface area contributed by atoms with Crippen molar-refractivity contribution >= 4 is 22.7 Å². The van der Waals surface area contributed by atoms with Gasteiger partial charge in [-0.3, -0.25) is 0 Å². The van der Waals surface area contributed by atoms with Crippen LogP contribution >= 0.6 is 0 Å². The Kier molecular flexibility index (Phi) is 2.91. The molecule has 88 valence electrons. The van der Waals surface area contributed by atoms with E-state index in [4.69, 9.17) is 11.5 Å². The second-order valence-corrected chi connectivity index (χ2v) is 4.35. The molecule has 0 amide bonds. The maximum absolute atomic E-state index is 5.90. The number of nitrogen functional groups attached to an aromatic ring is 2. The van der Waals surface area contributed by atoms with Crippen LogP contribution in [0.3, 0.4) is 0 Å². The van der Waals surface area contributed by atoms with E-state index in [1.165, 1.54) is 11.1 Å². The normalized spacial score (nSPS) is 10.2. The van der Waals surface area contributed by atoms with Crippen molar-refractivity contribution in [3.63, 3.8) is 0 Å². The Bertz CT molecular complexity index is 527. The molecular weight excluding hydrogens is 210 g/mol. The van der Waals surface area contributed by atoms with Crippen LogP contribution in [0.4, 0.5) is 22.7 Å². The largest absolute Gasteiger partial charge is 0.399 e. The average molecular weight is 227 g/mol. The first kappa shape index (κ1) is 11.3. The van der Waals surface area contributed by atoms with Crippen molar-refractivity contribution in [2.75, 3.05) is 16.8 Å². The molecule has 2 aromatic carbocycles. The fraction of sp³-hybridized carbons (Fsp3) is 0.143. The predicted octanol–water partition coefficient (Wildman–Crippen LogP) is 3.21. The third kappa shape index (κ3) is 2.69. The number of anilines is 4. The van der Waals surface area contributed by atoms with Crippen LogP contribution in [0.5, 0.6) is 0 Å². The van der Waals surface area contributed by atoms with Crippen LogP contribution in [0, 0.1) is 13.8 Å². The molecule has 5 N–H and O–H groups in total. The molecule has 0 spiro atoms. The minimum absolute atomic E-state index is 0.657. The fourth-order valence-electron chi connectivity index (χ4n) is 1.90. The van der Waals surface area contributed by atoms with Crippen molar-refractivity contribution in [2.45, 2.75) is 13.8 Å². The lowest BCUT2D eigenvalue weighted by Crippen LogP contribution is -1.98. The standard InChI is InChI=1S/C14H17N3/c1-9-5-10(2)7-12(6-9)17-14-4-3-11(15)8-13(14)16/h3-8,17H,15-16H2,1-2H3. The zero-order valence-electron chi connectivity index (χ0n) is 10.1. The molecule has 0 heterocycles. The van der Waals surface area contributed by atoms with Crippen molar-refractivity contribution in [2.24, 2.45) is 0 Å². The van der Waals surface area contributed by atoms with E-state index in [2.05, 4.69) is 37.4 Å². The summed E-state index contributed by atoms with van der Waals surface area (Å²) in [5.41, 5.74) is 17.3. The molecule has 0 atom stereocenters. The van der Waals surface area contributed by atoms with Gasteiger partial charge in [0.15, 0.2) is 0 Å². The summed E-state index contributed by atoms with van der Waals surface area (Å²) in [5.74, 6) is 0. The van der Waals surface area contributed by atoms with Crippen LogP contribution in [-0.2, 0) is 0 Å². The molecule has 0 aliphatic heterocycles. The van der Waals surface area contributed by atoms with Gasteiger partial charge in [0, 0.05) is 11.4 Å². The fourth-order valence-corrected chi connectivity index (χ4v) is 1.90. The molecule has 3 heteroatoms. The Morgan fingerprint density at radius 1 is 0.882 bits per heavy atom. The summed E-state index contributed by atoms with van der Waals surface area (Å²) in [7, 11) is 0. The zero-order chi connectivity index (χ0) is 12.4. The van der Waals surface area contributed by atoms with Crippen molar-refractivity contribution in [1.82, 2.24) is 0 Å². The molecule has 17 heavy (non-hydrogen) atoms. The van der Waals surface area contributed by atoms with Crippen LogP contribution in [0.15, 0.2) is 36.4 Å². The summed E-state index contributed by atoms with van der Waals surface area (Å²) in [5, 5.41) is 3.30. The first-order chi connectivity index (χ1) is 8.04. The lowest BCUT2D eigenvalue weighted by atomic mass is 10.1. The Labute approximate surface area is 101 Å². The van der Waals surface area contributed by atoms with Crippen LogP contribution in [0.25, 0.3) is 0 Å². The highest BCUT2D eigenvalue weighted by molar-refractivity contribution is 5.75. The van der Waals surface area contributed by atoms with E-state index in [0.29, 0.717) is 11.4 Å². The third-order valence-corrected chi connectivity index (χ3v) is 2.58. The summed E-state index contributed by atoms with van der Waals surface area (Å²) in [6, 6.07) is 11.8. The monoisotopic (exact) mass is 227 g/mol. The Morgan fingerprint density at radius 3 is 2.12 bits per heavy atom. The summed E-state index contributed by atoms with van der Waals surface area (Å²) in [4.78, 5) is 0. The van der Waals surface area contributed by atoms with Gasteiger partial charge in [-0.15, -0.1) is 0 Å². The molecule has 2 aromatic rings. The minimum atomic E-state index is 0.657. The Balaban J connectivity index is 2.31. The third-order valence-electron chi connectivity index (χ3n) is 2.58. The summed E-state index contributed by atoms with van der Waals surface area (Å²) >= 11 is 0. The van der Waals surface area contributed by atoms with Crippen LogP contribution in [-0.4, -0.2) is 0 Å². The maximum Gasteiger partial charge on any atom is 0.0619 e. The highest BCUT2D eigenvalue weighted by atomic mass is 14.9. The second-order valence-electron chi connectivity index (χ2n) is 4.35. The van der Waals surface area contributed by atoms with Gasteiger partial charge in [-0.25, -0.2) is 0 Å². The number of hydrogen-bond acceptors (Lipinski definition) is 3. The van der Waals surface area contributed by atoms with Gasteiger partial charge >= 0.3 is 0 Å². The molecule has 0 aliphatic rings. The number of benzene rings is 2. The minimum Gasteiger partial charge on any atom is -0.399 e. The SMILES string of the molecule is Cc1cc(C)cc(Nc2ccc(N)cc2N)c1. The van der Waals surface area contributed by atoms with E-state index in [-0.39, 0.29) is 0 Å². The van der Waals surface area contributed by atoms with E-state index in [0.717, 1.165) is 11.4 Å². The van der Waals surface area contributed by atoms with Gasteiger partial charge in [0.1, 0.15) is 0 Å². The maximum atomic E-state index is 5.90. The van der Waals surface area contributed by atoms with E-state index < -0.39 is 0 Å². The molecule has 0 fully saturated rings. The van der Waals surface area contributed by atoms with E-state index in [9.17, 15) is 0 Å². The van der Waals surface area contributed by atoms with Crippen molar-refractivity contribution in [3.05, 3.63) is 47.5 Å². The van der Waals surface area contributed by atoms with Crippen molar-refractivity contribution < 1.29 is 0 Å². The van der Waals surface area contributed by atoms with Gasteiger partial charge in [0.05, 0.1) is 11.4 Å². The molecule has 0 unspecified atom stereocenters. The number of nitrogens with two attached hydrogens (primary N) is 2. The van der Waals surface area contributed by atoms with Crippen molar-refractivity contribution in [3.8, 4) is 0 Å². The molecule has 0 radical (unpaired) electrons. The number of rotatable bonds is 2. The Hall–Kier alpha value is -2.16. The molecule has 0 bridgehead atoms. The molecule has 0 saturated heterocycles. The summed E-state index contributed by atoms with van der Waals surface area (Å²) < 4.78 is 0. The lowest BCUT2D eigenvalue weighted by molar-refractivity contribution is 1.37. The first-order valence-electron chi connectivity index (χ1n) is 5.55. The second kappa shape index (κ2) is 4.37. The molecule has 0 aliphatic carbocycles. The van der Waals surface area contributed by atoms with Gasteiger partial charge in [-0.05, 0) is 55.3 Å². The van der Waals surface area contributed by atoms with Gasteiger partial charge in [-0.2, -0.15) is 0 Å². The molecular formula is C14H17N3. The van der Waals surface area contributed by atoms with Crippen molar-refractivity contribution in [1.29, 1.82) is 0 Å². The highest BCUT2D eigenvalue weighted by Gasteiger charge is 2.01. The van der Waals surface area contributed by atoms with Gasteiger partial charge in [-0.1, -0.05) is 6.07 Å². The van der Waals surface area contributed by atoms with Gasteiger partial charge < -0.3 is 16.8 Å². The van der Waals surface area contributed by atoms with Crippen LogP contribution in [0.2, 0.25) is 0 Å². The molecule has 3 nitrogen and oxygen atoms in total. The molecule has 0 saturated carbocycles. The molecule has 2 rings (SSSR count). The quantitative estimate of drug-likeness (QED) is 0.690. The Morgan fingerprint density at radius 2 is 1.53 bits per heavy atom. The number of hydrogen-bond donors (Lipinski definition) is 3. The predicted molar refractivity (Wildman–Crippen MR) is 74.5 cm³/mol. The van der Waals surface area contributed by atoms with E-state index in [1.54, 1.807) is 6.07 Å². The topological polar surface area (TPSA) is 64.1 Å².